The molecule has 5 rings (SSSR count). The van der Waals surface area contributed by atoms with Gasteiger partial charge in [-0.3, -0.25) is 4.79 Å². The van der Waals surface area contributed by atoms with Crippen molar-refractivity contribution in [2.45, 2.75) is 69.0 Å². The molecule has 6 nitrogen and oxygen atoms in total. The van der Waals surface area contributed by atoms with Gasteiger partial charge in [-0.15, -0.1) is 16.9 Å². The molecule has 1 aliphatic heterocycles. The average Bonchev–Trinajstić information content (AvgIpc) is 2.97. The van der Waals surface area contributed by atoms with Crippen LogP contribution in [0.5, 0.6) is 0 Å². The van der Waals surface area contributed by atoms with Gasteiger partial charge in [-0.1, -0.05) is 125 Å². The van der Waals surface area contributed by atoms with Gasteiger partial charge >= 0.3 is 0 Å². The van der Waals surface area contributed by atoms with Crippen LogP contribution in [0, 0.1) is 19.8 Å². The number of benzene rings is 3. The van der Waals surface area contributed by atoms with E-state index in [2.05, 4.69) is 126 Å². The fourth-order valence-electron chi connectivity index (χ4n) is 5.52. The highest BCUT2D eigenvalue weighted by Crippen LogP contribution is 2.58. The Bertz CT molecular complexity index is 1450. The highest BCUT2D eigenvalue weighted by atomic mass is 32.2. The molecular formula is C34H40N4O2SSi. The maximum Gasteiger partial charge on any atom is 0.224 e. The van der Waals surface area contributed by atoms with Crippen molar-refractivity contribution in [3.05, 3.63) is 125 Å². The van der Waals surface area contributed by atoms with Gasteiger partial charge in [-0.25, -0.2) is 4.98 Å². The van der Waals surface area contributed by atoms with E-state index in [1.54, 1.807) is 11.8 Å². The van der Waals surface area contributed by atoms with Crippen molar-refractivity contribution < 1.29 is 9.90 Å². The van der Waals surface area contributed by atoms with Gasteiger partial charge in [-0.05, 0) is 35.6 Å². The lowest BCUT2D eigenvalue weighted by Gasteiger charge is -2.60. The minimum absolute atomic E-state index is 0.0449. The summed E-state index contributed by atoms with van der Waals surface area (Å²) in [5, 5.41) is 19.8. The average molecular weight is 597 g/mol. The van der Waals surface area contributed by atoms with E-state index >= 15 is 0 Å². The zero-order chi connectivity index (χ0) is 30.3. The zero-order valence-electron chi connectivity index (χ0n) is 25.4. The number of hydrogen-bond donors (Lipinski definition) is 1. The van der Waals surface area contributed by atoms with Crippen LogP contribution in [0.3, 0.4) is 0 Å². The quantitative estimate of drug-likeness (QED) is 0.134. The number of carbonyl (C=O) groups excluding carboxylic acids is 1. The third-order valence-electron chi connectivity index (χ3n) is 9.07. The number of hydrogen-bond acceptors (Lipinski definition) is 6. The third kappa shape index (κ3) is 5.10. The van der Waals surface area contributed by atoms with Crippen molar-refractivity contribution in [1.82, 2.24) is 19.7 Å². The first kappa shape index (κ1) is 30.1. The lowest BCUT2D eigenvalue weighted by atomic mass is 9.84. The fraction of sp³-hybridized carbons (Fsp3) is 0.353. The van der Waals surface area contributed by atoms with Gasteiger partial charge in [0.2, 0.25) is 5.91 Å². The smallest absolute Gasteiger partial charge is 0.224 e. The minimum Gasteiger partial charge on any atom is -0.384 e. The molecule has 0 aliphatic carbocycles. The molecule has 0 bridgehead atoms. The van der Waals surface area contributed by atoms with E-state index < -0.39 is 25.0 Å². The first-order chi connectivity index (χ1) is 19.9. The number of carbonyl (C=O) groups is 1. The number of aliphatic hydroxyl groups is 1. The molecule has 218 valence electrons. The van der Waals surface area contributed by atoms with Crippen LogP contribution in [-0.2, 0) is 9.54 Å². The summed E-state index contributed by atoms with van der Waals surface area (Å²) in [7, 11) is -2.36. The summed E-state index contributed by atoms with van der Waals surface area (Å²) in [4.78, 5) is 18.8. The van der Waals surface area contributed by atoms with Crippen LogP contribution in [-0.4, -0.2) is 44.4 Å². The van der Waals surface area contributed by atoms with E-state index in [0.717, 1.165) is 16.7 Å². The molecule has 0 saturated carbocycles. The molecule has 4 aromatic rings. The van der Waals surface area contributed by atoms with Gasteiger partial charge in [-0.2, -0.15) is 5.10 Å². The molecule has 0 spiro atoms. The highest BCUT2D eigenvalue weighted by Gasteiger charge is 2.62. The first-order valence-electron chi connectivity index (χ1n) is 14.4. The van der Waals surface area contributed by atoms with Crippen LogP contribution < -0.4 is 0 Å². The summed E-state index contributed by atoms with van der Waals surface area (Å²) in [6, 6.07) is 31.4. The van der Waals surface area contributed by atoms with Crippen molar-refractivity contribution in [3.63, 3.8) is 0 Å². The molecule has 3 atom stereocenters. The predicted molar refractivity (Wildman–Crippen MR) is 172 cm³/mol. The van der Waals surface area contributed by atoms with Crippen molar-refractivity contribution in [2.24, 2.45) is 5.92 Å². The molecule has 42 heavy (non-hydrogen) atoms. The Balaban J connectivity index is 1.73. The van der Waals surface area contributed by atoms with Crippen molar-refractivity contribution >= 4 is 25.9 Å². The van der Waals surface area contributed by atoms with Crippen molar-refractivity contribution in [2.75, 3.05) is 0 Å². The van der Waals surface area contributed by atoms with Crippen LogP contribution in [0.4, 0.5) is 0 Å². The van der Waals surface area contributed by atoms with E-state index in [4.69, 9.17) is 0 Å². The Kier molecular flexibility index (Phi) is 8.18. The molecule has 3 unspecified atom stereocenters. The largest absolute Gasteiger partial charge is 0.384 e. The maximum atomic E-state index is 14.2. The molecule has 1 amide bonds. The Morgan fingerprint density at radius 3 is 1.64 bits per heavy atom. The van der Waals surface area contributed by atoms with Gasteiger partial charge in [0.1, 0.15) is 6.10 Å². The third-order valence-corrected chi connectivity index (χ3v) is 16.4. The van der Waals surface area contributed by atoms with Crippen LogP contribution in [0.2, 0.25) is 18.1 Å². The van der Waals surface area contributed by atoms with Crippen LogP contribution in [0.15, 0.2) is 91.0 Å². The molecule has 2 heterocycles. The number of rotatable bonds is 8. The van der Waals surface area contributed by atoms with Crippen molar-refractivity contribution in [3.8, 4) is 0 Å². The highest BCUT2D eigenvalue weighted by molar-refractivity contribution is 8.01. The maximum absolute atomic E-state index is 14.2. The molecule has 1 aromatic heterocycles. The summed E-state index contributed by atoms with van der Waals surface area (Å²) >= 11 is 1.74. The summed E-state index contributed by atoms with van der Waals surface area (Å²) in [6.45, 7) is 14.8. The summed E-state index contributed by atoms with van der Waals surface area (Å²) in [5.74, 6) is -0.568. The Labute approximate surface area is 254 Å². The molecule has 1 fully saturated rings. The zero-order valence-corrected chi connectivity index (χ0v) is 27.3. The standard InChI is InChI=1S/C34H40N4O2SSi/c1-23-24(2)36-37-30(35-23)29(39)28-31(40)38(42(6,7)33(3,4)5)32(28)41-34(25-17-11-8-12-18-25,26-19-13-9-14-20-26)27-21-15-10-16-22-27/h8-22,28-29,32,39H,1-7H3. The number of thioether (sulfide) groups is 1. The van der Waals surface area contributed by atoms with Crippen LogP contribution in [0.25, 0.3) is 0 Å². The number of aryl methyl sites for hydroxylation is 2. The predicted octanol–water partition coefficient (Wildman–Crippen LogP) is 7.04. The molecule has 1 aliphatic rings. The summed E-state index contributed by atoms with van der Waals surface area (Å²) in [6.07, 6.45) is -1.18. The Morgan fingerprint density at radius 1 is 0.786 bits per heavy atom. The number of aromatic nitrogens is 3. The van der Waals surface area contributed by atoms with E-state index in [9.17, 15) is 9.90 Å². The fourth-order valence-corrected chi connectivity index (χ4v) is 10.5. The van der Waals surface area contributed by atoms with E-state index in [1.165, 1.54) is 0 Å². The van der Waals surface area contributed by atoms with Crippen molar-refractivity contribution in [1.29, 1.82) is 0 Å². The monoisotopic (exact) mass is 596 g/mol. The second kappa shape index (κ2) is 11.4. The van der Waals surface area contributed by atoms with Gasteiger partial charge in [0, 0.05) is 0 Å². The first-order valence-corrected chi connectivity index (χ1v) is 18.3. The van der Waals surface area contributed by atoms with E-state index in [-0.39, 0.29) is 22.1 Å². The lowest BCUT2D eigenvalue weighted by Crippen LogP contribution is -2.73. The van der Waals surface area contributed by atoms with Gasteiger partial charge in [0.15, 0.2) is 14.1 Å². The van der Waals surface area contributed by atoms with E-state index in [0.29, 0.717) is 11.4 Å². The minimum atomic E-state index is -2.36. The summed E-state index contributed by atoms with van der Waals surface area (Å²) in [5.41, 5.74) is 4.73. The Hall–Kier alpha value is -3.33. The van der Waals surface area contributed by atoms with Gasteiger partial charge in [0.05, 0.1) is 27.4 Å². The van der Waals surface area contributed by atoms with Gasteiger partial charge in [0.25, 0.3) is 0 Å². The second-order valence-electron chi connectivity index (χ2n) is 12.6. The summed E-state index contributed by atoms with van der Waals surface area (Å²) < 4.78 is 1.46. The molecule has 0 radical (unpaired) electrons. The van der Waals surface area contributed by atoms with Crippen LogP contribution >= 0.6 is 11.8 Å². The number of amides is 1. The lowest BCUT2D eigenvalue weighted by molar-refractivity contribution is -0.150. The SMILES string of the molecule is Cc1nnc(C(O)C2C(=O)N([Si](C)(C)C(C)(C)C)C2SC(c2ccccc2)(c2ccccc2)c2ccccc2)nc1C. The molecule has 8 heteroatoms. The number of nitrogens with zero attached hydrogens (tertiary/aromatic N) is 4. The normalized spacial score (nSPS) is 18.5. The second-order valence-corrected chi connectivity index (χ2v) is 19.0. The number of β-lactam (4-membered cyclic amide) rings is 1. The molecule has 3 aromatic carbocycles. The molecule has 1 saturated heterocycles. The molecular weight excluding hydrogens is 557 g/mol. The Morgan fingerprint density at radius 2 is 1.24 bits per heavy atom. The topological polar surface area (TPSA) is 79.2 Å². The number of aliphatic hydroxyl groups excluding tert-OH is 1. The molecule has 1 N–H and O–H groups in total. The van der Waals surface area contributed by atoms with E-state index in [1.807, 2.05) is 32.0 Å². The van der Waals surface area contributed by atoms with Crippen LogP contribution in [0.1, 0.15) is 60.8 Å². The van der Waals surface area contributed by atoms with Gasteiger partial charge < -0.3 is 9.67 Å².